The number of aromatic nitrogens is 6. The van der Waals surface area contributed by atoms with Crippen molar-refractivity contribution >= 4 is 22.1 Å². The molecule has 0 saturated heterocycles. The highest BCUT2D eigenvalue weighted by Crippen LogP contribution is 2.34. The van der Waals surface area contributed by atoms with Crippen LogP contribution in [0.5, 0.6) is 0 Å². The molecule has 3 aromatic heterocycles. The van der Waals surface area contributed by atoms with Gasteiger partial charge in [0.2, 0.25) is 4.96 Å². The Kier molecular flexibility index (Phi) is 2.31. The van der Waals surface area contributed by atoms with Crippen molar-refractivity contribution in [3.63, 3.8) is 0 Å². The lowest BCUT2D eigenvalue weighted by atomic mass is 10.1. The van der Waals surface area contributed by atoms with Crippen LogP contribution in [0, 0.1) is 0 Å². The summed E-state index contributed by atoms with van der Waals surface area (Å²) in [6.45, 7) is 0. The quantitative estimate of drug-likeness (QED) is 0.743. The Balaban J connectivity index is 1.79. The Morgan fingerprint density at radius 3 is 2.89 bits per heavy atom. The molecule has 0 atom stereocenters. The zero-order valence-corrected chi connectivity index (χ0v) is 11.0. The smallest absolute Gasteiger partial charge is 0.235 e. The molecule has 19 heavy (non-hydrogen) atoms. The number of H-pyrrole nitrogens is 1. The van der Waals surface area contributed by atoms with Crippen LogP contribution < -0.4 is 5.73 Å². The van der Waals surface area contributed by atoms with Gasteiger partial charge < -0.3 is 5.73 Å². The first-order chi connectivity index (χ1) is 9.31. The lowest BCUT2D eigenvalue weighted by molar-refractivity contribution is 0.641. The third-order valence-electron chi connectivity index (χ3n) is 3.56. The third kappa shape index (κ3) is 1.71. The van der Waals surface area contributed by atoms with E-state index in [-0.39, 0.29) is 0 Å². The van der Waals surface area contributed by atoms with E-state index in [1.165, 1.54) is 37.0 Å². The molecule has 98 valence electrons. The lowest BCUT2D eigenvalue weighted by Crippen LogP contribution is -2.01. The van der Waals surface area contributed by atoms with Gasteiger partial charge in [-0.15, -0.1) is 10.2 Å². The van der Waals surface area contributed by atoms with E-state index >= 15 is 0 Å². The molecule has 0 bridgehead atoms. The van der Waals surface area contributed by atoms with E-state index in [9.17, 15) is 0 Å². The maximum atomic E-state index is 5.61. The molecule has 1 saturated carbocycles. The van der Waals surface area contributed by atoms with Crippen molar-refractivity contribution in [2.24, 2.45) is 0 Å². The Hall–Kier alpha value is -1.96. The van der Waals surface area contributed by atoms with E-state index in [4.69, 9.17) is 5.73 Å². The molecule has 0 aromatic carbocycles. The van der Waals surface area contributed by atoms with Gasteiger partial charge in [0, 0.05) is 12.0 Å². The normalized spacial score (nSPS) is 16.6. The fourth-order valence-corrected chi connectivity index (χ4v) is 3.44. The summed E-state index contributed by atoms with van der Waals surface area (Å²) in [5, 5.41) is 20.7. The first-order valence-electron chi connectivity index (χ1n) is 6.34. The predicted octanol–water partition coefficient (Wildman–Crippen LogP) is 1.82. The van der Waals surface area contributed by atoms with Gasteiger partial charge >= 0.3 is 0 Å². The van der Waals surface area contributed by atoms with Crippen molar-refractivity contribution in [2.75, 3.05) is 5.73 Å². The molecule has 3 N–H and O–H groups in total. The second-order valence-electron chi connectivity index (χ2n) is 4.85. The largest absolute Gasteiger partial charge is 0.382 e. The number of nitrogens with two attached hydrogens (primary N) is 1. The number of hydrogen-bond donors (Lipinski definition) is 2. The van der Waals surface area contributed by atoms with Crippen LogP contribution in [0.3, 0.4) is 0 Å². The summed E-state index contributed by atoms with van der Waals surface area (Å²) in [5.74, 6) is 1.95. The molecule has 0 radical (unpaired) electrons. The first kappa shape index (κ1) is 10.9. The fourth-order valence-electron chi connectivity index (χ4n) is 2.63. The predicted molar refractivity (Wildman–Crippen MR) is 71.9 cm³/mol. The van der Waals surface area contributed by atoms with E-state index in [2.05, 4.69) is 25.5 Å². The van der Waals surface area contributed by atoms with Crippen molar-refractivity contribution in [3.05, 3.63) is 11.9 Å². The van der Waals surface area contributed by atoms with Crippen LogP contribution in [0.25, 0.3) is 15.7 Å². The van der Waals surface area contributed by atoms with E-state index in [1.807, 2.05) is 4.52 Å². The molecule has 3 heterocycles. The van der Waals surface area contributed by atoms with Gasteiger partial charge in [0.25, 0.3) is 0 Å². The van der Waals surface area contributed by atoms with Crippen LogP contribution in [0.1, 0.15) is 37.4 Å². The van der Waals surface area contributed by atoms with Crippen molar-refractivity contribution < 1.29 is 0 Å². The Labute approximate surface area is 112 Å². The van der Waals surface area contributed by atoms with Gasteiger partial charge in [-0.2, -0.15) is 14.7 Å². The van der Waals surface area contributed by atoms with Gasteiger partial charge in [-0.05, 0) is 12.8 Å². The molecule has 0 aliphatic heterocycles. The van der Waals surface area contributed by atoms with Crippen molar-refractivity contribution in [1.29, 1.82) is 0 Å². The average molecular weight is 275 g/mol. The van der Waals surface area contributed by atoms with E-state index in [0.29, 0.717) is 11.7 Å². The molecule has 1 fully saturated rings. The number of anilines is 1. The topological polar surface area (TPSA) is 97.8 Å². The van der Waals surface area contributed by atoms with Crippen LogP contribution in [-0.2, 0) is 0 Å². The van der Waals surface area contributed by atoms with Crippen LogP contribution in [0.2, 0.25) is 0 Å². The Morgan fingerprint density at radius 2 is 2.16 bits per heavy atom. The van der Waals surface area contributed by atoms with Crippen molar-refractivity contribution in [2.45, 2.75) is 31.6 Å². The van der Waals surface area contributed by atoms with Gasteiger partial charge in [0.05, 0.1) is 5.69 Å². The standard InChI is InChI=1S/C11H13N7S/c12-8-5-7(13-14-8)10-17-18-9(6-3-1-2-4-6)15-16-11(18)19-10/h5-6H,1-4H2,(H3,12,13,14). The minimum absolute atomic E-state index is 0.469. The summed E-state index contributed by atoms with van der Waals surface area (Å²) in [4.78, 5) is 0.824. The van der Waals surface area contributed by atoms with E-state index in [0.717, 1.165) is 21.5 Å². The molecule has 1 aliphatic carbocycles. The number of nitrogen functional groups attached to an aromatic ring is 1. The van der Waals surface area contributed by atoms with Crippen LogP contribution in [-0.4, -0.2) is 30.0 Å². The fraction of sp³-hybridized carbons (Fsp3) is 0.455. The number of fused-ring (bicyclic) bond motifs is 1. The lowest BCUT2D eigenvalue weighted by Gasteiger charge is -2.03. The summed E-state index contributed by atoms with van der Waals surface area (Å²) < 4.78 is 1.87. The number of rotatable bonds is 2. The van der Waals surface area contributed by atoms with Crippen molar-refractivity contribution in [1.82, 2.24) is 30.0 Å². The van der Waals surface area contributed by atoms with Gasteiger partial charge in [0.15, 0.2) is 10.8 Å². The number of nitrogens with zero attached hydrogens (tertiary/aromatic N) is 5. The summed E-state index contributed by atoms with van der Waals surface area (Å²) in [5.41, 5.74) is 6.44. The SMILES string of the molecule is Nc1cc(-c2nn3c(C4CCCC4)nnc3s2)[nH]n1. The highest BCUT2D eigenvalue weighted by atomic mass is 32.1. The van der Waals surface area contributed by atoms with E-state index in [1.54, 1.807) is 6.07 Å². The third-order valence-corrected chi connectivity index (χ3v) is 4.50. The molecule has 4 rings (SSSR count). The molecule has 8 heteroatoms. The summed E-state index contributed by atoms with van der Waals surface area (Å²) in [6, 6.07) is 1.78. The molecule has 0 amide bonds. The van der Waals surface area contributed by atoms with Crippen LogP contribution >= 0.6 is 11.3 Å². The summed E-state index contributed by atoms with van der Waals surface area (Å²) >= 11 is 1.49. The summed E-state index contributed by atoms with van der Waals surface area (Å²) in [7, 11) is 0. The van der Waals surface area contributed by atoms with Crippen molar-refractivity contribution in [3.8, 4) is 10.7 Å². The maximum absolute atomic E-state index is 5.61. The van der Waals surface area contributed by atoms with Crippen LogP contribution in [0.4, 0.5) is 5.82 Å². The average Bonchev–Trinajstić information content (AvgIpc) is 3.11. The number of hydrogen-bond acceptors (Lipinski definition) is 6. The molecule has 3 aromatic rings. The molecule has 7 nitrogen and oxygen atoms in total. The first-order valence-corrected chi connectivity index (χ1v) is 7.16. The Morgan fingerprint density at radius 1 is 1.32 bits per heavy atom. The maximum Gasteiger partial charge on any atom is 0.235 e. The minimum atomic E-state index is 0.469. The zero-order valence-electron chi connectivity index (χ0n) is 10.2. The minimum Gasteiger partial charge on any atom is -0.382 e. The van der Waals surface area contributed by atoms with Gasteiger partial charge in [-0.1, -0.05) is 24.2 Å². The Bertz CT molecular complexity index is 718. The molecule has 0 unspecified atom stereocenters. The van der Waals surface area contributed by atoms with Gasteiger partial charge in [-0.3, -0.25) is 5.10 Å². The molecular weight excluding hydrogens is 262 g/mol. The second-order valence-corrected chi connectivity index (χ2v) is 5.80. The highest BCUT2D eigenvalue weighted by molar-refractivity contribution is 7.19. The van der Waals surface area contributed by atoms with E-state index < -0.39 is 0 Å². The van der Waals surface area contributed by atoms with Gasteiger partial charge in [-0.25, -0.2) is 0 Å². The molecule has 1 aliphatic rings. The highest BCUT2D eigenvalue weighted by Gasteiger charge is 2.24. The number of nitrogens with one attached hydrogen (secondary N) is 1. The second kappa shape index (κ2) is 4.02. The van der Waals surface area contributed by atoms with Crippen LogP contribution in [0.15, 0.2) is 6.07 Å². The van der Waals surface area contributed by atoms with Gasteiger partial charge in [0.1, 0.15) is 5.82 Å². The number of aromatic amines is 1. The summed E-state index contributed by atoms with van der Waals surface area (Å²) in [6.07, 6.45) is 4.91. The monoisotopic (exact) mass is 275 g/mol. The zero-order chi connectivity index (χ0) is 12.8. The molecular formula is C11H13N7S. The molecule has 0 spiro atoms.